The minimum Gasteiger partial charge on any atom is -0.756 e. The number of rotatable bonds is 25. The van der Waals surface area contributed by atoms with Crippen LogP contribution in [0.1, 0.15) is 104 Å². The number of allylic oxidation sites excluding steroid dienone is 3. The van der Waals surface area contributed by atoms with Crippen LogP contribution in [0.2, 0.25) is 0 Å². The lowest BCUT2D eigenvalue weighted by Crippen LogP contribution is -2.45. The van der Waals surface area contributed by atoms with E-state index in [9.17, 15) is 19.4 Å². The Balaban J connectivity index is 4.68. The number of nitrogens with zero attached hydrogens (tertiary/aromatic N) is 1. The number of quaternary nitrogens is 1. The lowest BCUT2D eigenvalue weighted by atomic mass is 10.1. The van der Waals surface area contributed by atoms with Crippen molar-refractivity contribution in [3.05, 3.63) is 24.3 Å². The summed E-state index contributed by atoms with van der Waals surface area (Å²) in [4.78, 5) is 24.6. The Hall–Kier alpha value is -1.02. The van der Waals surface area contributed by atoms with Crippen molar-refractivity contribution >= 4 is 13.7 Å². The Morgan fingerprint density at radius 2 is 1.47 bits per heavy atom. The molecule has 0 aromatic rings. The van der Waals surface area contributed by atoms with Gasteiger partial charge in [0, 0.05) is 6.42 Å². The molecular formula is C29H57N2O6P. The minimum atomic E-state index is -4.56. The quantitative estimate of drug-likeness (QED) is 0.0646. The van der Waals surface area contributed by atoms with E-state index in [1.807, 2.05) is 27.2 Å². The smallest absolute Gasteiger partial charge is 0.268 e. The number of aliphatic hydroxyl groups excluding tert-OH is 1. The van der Waals surface area contributed by atoms with Crippen molar-refractivity contribution in [2.45, 2.75) is 116 Å². The zero-order valence-electron chi connectivity index (χ0n) is 24.9. The molecule has 224 valence electrons. The number of likely N-dealkylation sites (N-methyl/N-ethyl adjacent to an activating group) is 1. The van der Waals surface area contributed by atoms with Crippen molar-refractivity contribution in [3.8, 4) is 0 Å². The SMILES string of the molecule is CCCCCCCC/C=C/CC/C=C/C(O)C(COP(=O)([O-])OCC[N+](C)(C)C)NC(=O)CCCCCC. The van der Waals surface area contributed by atoms with Crippen LogP contribution in [0, 0.1) is 0 Å². The van der Waals surface area contributed by atoms with Gasteiger partial charge in [-0.2, -0.15) is 0 Å². The zero-order chi connectivity index (χ0) is 28.7. The molecule has 0 aromatic heterocycles. The van der Waals surface area contributed by atoms with Gasteiger partial charge in [0.25, 0.3) is 7.82 Å². The van der Waals surface area contributed by atoms with Crippen molar-refractivity contribution in [3.63, 3.8) is 0 Å². The number of aliphatic hydroxyl groups is 1. The van der Waals surface area contributed by atoms with E-state index in [0.717, 1.165) is 44.9 Å². The Labute approximate surface area is 233 Å². The molecule has 0 aliphatic rings. The summed E-state index contributed by atoms with van der Waals surface area (Å²) >= 11 is 0. The van der Waals surface area contributed by atoms with E-state index < -0.39 is 26.6 Å². The number of hydrogen-bond donors (Lipinski definition) is 2. The first kappa shape index (κ1) is 37.0. The Kier molecular flexibility index (Phi) is 22.1. The van der Waals surface area contributed by atoms with Crippen molar-refractivity contribution in [1.29, 1.82) is 0 Å². The highest BCUT2D eigenvalue weighted by Crippen LogP contribution is 2.38. The van der Waals surface area contributed by atoms with Crippen molar-refractivity contribution in [1.82, 2.24) is 5.32 Å². The van der Waals surface area contributed by atoms with Gasteiger partial charge in [0.15, 0.2) is 0 Å². The Morgan fingerprint density at radius 3 is 2.13 bits per heavy atom. The molecule has 0 radical (unpaired) electrons. The fourth-order valence-corrected chi connectivity index (χ4v) is 4.42. The molecule has 0 aromatic carbocycles. The number of phosphoric ester groups is 1. The molecule has 9 heteroatoms. The third-order valence-corrected chi connectivity index (χ3v) is 7.13. The highest BCUT2D eigenvalue weighted by Gasteiger charge is 2.23. The van der Waals surface area contributed by atoms with Gasteiger partial charge in [-0.1, -0.05) is 89.5 Å². The maximum atomic E-state index is 12.4. The summed E-state index contributed by atoms with van der Waals surface area (Å²) in [6.45, 7) is 4.42. The zero-order valence-corrected chi connectivity index (χ0v) is 25.8. The number of carbonyl (C=O) groups is 1. The first-order valence-electron chi connectivity index (χ1n) is 14.7. The molecule has 0 bridgehead atoms. The highest BCUT2D eigenvalue weighted by molar-refractivity contribution is 7.45. The van der Waals surface area contributed by atoms with Crippen LogP contribution >= 0.6 is 7.82 Å². The fraction of sp³-hybridized carbons (Fsp3) is 0.828. The van der Waals surface area contributed by atoms with E-state index in [1.165, 1.54) is 38.5 Å². The molecule has 0 saturated heterocycles. The van der Waals surface area contributed by atoms with E-state index in [-0.39, 0.29) is 12.5 Å². The van der Waals surface area contributed by atoms with Crippen molar-refractivity contribution in [2.75, 3.05) is 40.9 Å². The van der Waals surface area contributed by atoms with Gasteiger partial charge < -0.3 is 28.8 Å². The molecule has 2 N–H and O–H groups in total. The third-order valence-electron chi connectivity index (χ3n) is 6.16. The standard InChI is InChI=1S/C29H57N2O6P/c1-6-8-10-12-13-14-15-16-17-18-19-20-22-28(32)27(30-29(33)23-21-11-9-7-2)26-37-38(34,35)36-25-24-31(3,4)5/h16-17,20,22,27-28,32H,6-15,18-19,21,23-26H2,1-5H3,(H-,30,33,34,35)/b17-16+,22-20+. The summed E-state index contributed by atoms with van der Waals surface area (Å²) < 4.78 is 22.7. The molecule has 1 amide bonds. The summed E-state index contributed by atoms with van der Waals surface area (Å²) in [6, 6.07) is -0.891. The topological polar surface area (TPSA) is 108 Å². The van der Waals surface area contributed by atoms with Gasteiger partial charge in [-0.05, 0) is 32.1 Å². The number of nitrogens with one attached hydrogen (secondary N) is 1. The van der Waals surface area contributed by atoms with Crippen LogP contribution in [-0.2, 0) is 18.4 Å². The molecule has 0 rings (SSSR count). The predicted octanol–water partition coefficient (Wildman–Crippen LogP) is 5.65. The average Bonchev–Trinajstić information content (AvgIpc) is 2.84. The van der Waals surface area contributed by atoms with Gasteiger partial charge in [0.05, 0.1) is 39.9 Å². The Morgan fingerprint density at radius 1 is 0.895 bits per heavy atom. The molecule has 0 aliphatic heterocycles. The van der Waals surface area contributed by atoms with Gasteiger partial charge in [-0.25, -0.2) is 0 Å². The average molecular weight is 561 g/mol. The molecule has 38 heavy (non-hydrogen) atoms. The predicted molar refractivity (Wildman–Crippen MR) is 155 cm³/mol. The number of carbonyl (C=O) groups excluding carboxylic acids is 1. The maximum absolute atomic E-state index is 12.4. The molecule has 0 fully saturated rings. The van der Waals surface area contributed by atoms with E-state index in [0.29, 0.717) is 17.4 Å². The van der Waals surface area contributed by atoms with Crippen LogP contribution in [0.15, 0.2) is 24.3 Å². The summed E-state index contributed by atoms with van der Waals surface area (Å²) in [5, 5.41) is 13.4. The summed E-state index contributed by atoms with van der Waals surface area (Å²) in [5.41, 5.74) is 0. The van der Waals surface area contributed by atoms with Crippen LogP contribution in [0.25, 0.3) is 0 Å². The first-order chi connectivity index (χ1) is 18.0. The van der Waals surface area contributed by atoms with E-state index >= 15 is 0 Å². The van der Waals surface area contributed by atoms with E-state index in [2.05, 4.69) is 31.3 Å². The summed E-state index contributed by atoms with van der Waals surface area (Å²) in [5.74, 6) is -0.230. The molecule has 0 spiro atoms. The van der Waals surface area contributed by atoms with Gasteiger partial charge >= 0.3 is 0 Å². The Bertz CT molecular complexity index is 693. The highest BCUT2D eigenvalue weighted by atomic mass is 31.2. The van der Waals surface area contributed by atoms with Gasteiger partial charge in [0.2, 0.25) is 5.91 Å². The summed E-state index contributed by atoms with van der Waals surface area (Å²) in [6.07, 6.45) is 21.3. The summed E-state index contributed by atoms with van der Waals surface area (Å²) in [7, 11) is 1.23. The third kappa shape index (κ3) is 24.1. The molecule has 3 unspecified atom stereocenters. The van der Waals surface area contributed by atoms with E-state index in [1.54, 1.807) is 6.08 Å². The van der Waals surface area contributed by atoms with Gasteiger partial charge in [-0.3, -0.25) is 9.36 Å². The molecule has 8 nitrogen and oxygen atoms in total. The van der Waals surface area contributed by atoms with Crippen LogP contribution in [0.3, 0.4) is 0 Å². The lowest BCUT2D eigenvalue weighted by Gasteiger charge is -2.29. The largest absolute Gasteiger partial charge is 0.756 e. The number of unbranched alkanes of at least 4 members (excludes halogenated alkanes) is 10. The van der Waals surface area contributed by atoms with Crippen molar-refractivity contribution < 1.29 is 32.9 Å². The van der Waals surface area contributed by atoms with Crippen LogP contribution < -0.4 is 10.2 Å². The van der Waals surface area contributed by atoms with Gasteiger partial charge in [0.1, 0.15) is 13.2 Å². The monoisotopic (exact) mass is 560 g/mol. The fourth-order valence-electron chi connectivity index (χ4n) is 3.69. The van der Waals surface area contributed by atoms with Crippen LogP contribution in [-0.4, -0.2) is 68.5 Å². The number of amides is 1. The second kappa shape index (κ2) is 22.8. The second-order valence-corrected chi connectivity index (χ2v) is 12.5. The van der Waals surface area contributed by atoms with Crippen LogP contribution in [0.4, 0.5) is 0 Å². The normalized spacial score (nSPS) is 15.7. The molecule has 0 heterocycles. The van der Waals surface area contributed by atoms with E-state index in [4.69, 9.17) is 9.05 Å². The second-order valence-electron chi connectivity index (χ2n) is 11.1. The minimum absolute atomic E-state index is 0.00639. The number of hydrogen-bond acceptors (Lipinski definition) is 6. The molecule has 0 aliphatic carbocycles. The number of phosphoric acid groups is 1. The maximum Gasteiger partial charge on any atom is 0.268 e. The first-order valence-corrected chi connectivity index (χ1v) is 16.2. The molecule has 3 atom stereocenters. The van der Waals surface area contributed by atoms with Gasteiger partial charge in [-0.15, -0.1) is 0 Å². The lowest BCUT2D eigenvalue weighted by molar-refractivity contribution is -0.870. The molecular weight excluding hydrogens is 503 g/mol. The molecule has 0 saturated carbocycles. The van der Waals surface area contributed by atoms with Crippen LogP contribution in [0.5, 0.6) is 0 Å². The van der Waals surface area contributed by atoms with Crippen molar-refractivity contribution in [2.24, 2.45) is 0 Å².